The Hall–Kier alpha value is -1.23. The molecule has 19 heavy (non-hydrogen) atoms. The van der Waals surface area contributed by atoms with Crippen molar-refractivity contribution in [3.8, 4) is 0 Å². The zero-order valence-corrected chi connectivity index (χ0v) is 11.8. The van der Waals surface area contributed by atoms with Gasteiger partial charge in [0, 0.05) is 31.9 Å². The molecule has 2 aromatic heterocycles. The number of rotatable bonds is 6. The highest BCUT2D eigenvalue weighted by atomic mass is 32.1. The Morgan fingerprint density at radius 1 is 1.32 bits per heavy atom. The molecule has 3 rings (SSSR count). The van der Waals surface area contributed by atoms with E-state index in [4.69, 9.17) is 5.73 Å². The van der Waals surface area contributed by atoms with Gasteiger partial charge in [0.1, 0.15) is 0 Å². The van der Waals surface area contributed by atoms with Crippen LogP contribution in [0, 0.1) is 0 Å². The maximum absolute atomic E-state index is 5.77. The number of pyridine rings is 1. The summed E-state index contributed by atoms with van der Waals surface area (Å²) < 4.78 is 0. The molecule has 0 spiro atoms. The Morgan fingerprint density at radius 3 is 2.89 bits per heavy atom. The van der Waals surface area contributed by atoms with E-state index in [0.29, 0.717) is 6.54 Å². The zero-order chi connectivity index (χ0) is 13.1. The van der Waals surface area contributed by atoms with Gasteiger partial charge < -0.3 is 5.73 Å². The Bertz CT molecular complexity index is 520. The molecule has 0 radical (unpaired) electrons. The number of hydrogen-bond donors (Lipinski definition) is 1. The fourth-order valence-corrected chi connectivity index (χ4v) is 3.05. The molecule has 0 atom stereocenters. The van der Waals surface area contributed by atoms with Crippen LogP contribution in [-0.4, -0.2) is 15.9 Å². The summed E-state index contributed by atoms with van der Waals surface area (Å²) in [5.74, 6) is 0. The van der Waals surface area contributed by atoms with Gasteiger partial charge in [-0.3, -0.25) is 9.88 Å². The van der Waals surface area contributed by atoms with Crippen molar-refractivity contribution in [3.05, 3.63) is 52.0 Å². The van der Waals surface area contributed by atoms with Gasteiger partial charge in [0.15, 0.2) is 0 Å². The largest absolute Gasteiger partial charge is 0.325 e. The van der Waals surface area contributed by atoms with E-state index in [1.54, 1.807) is 11.3 Å². The van der Waals surface area contributed by atoms with E-state index in [-0.39, 0.29) is 0 Å². The van der Waals surface area contributed by atoms with Crippen molar-refractivity contribution >= 4 is 11.3 Å². The normalized spacial score (nSPS) is 15.1. The van der Waals surface area contributed by atoms with Crippen molar-refractivity contribution in [2.45, 2.75) is 38.5 Å². The molecule has 4 heteroatoms. The summed E-state index contributed by atoms with van der Waals surface area (Å²) in [6.45, 7) is 2.51. The molecule has 0 aliphatic heterocycles. The van der Waals surface area contributed by atoms with Gasteiger partial charge >= 0.3 is 0 Å². The standard InChI is InChI=1S/C15H19N3S/c16-8-15-13(2-1-6-17-15)10-18(14-3-4-14)9-12-5-7-19-11-12/h1-2,5-7,11,14H,3-4,8-10,16H2. The lowest BCUT2D eigenvalue weighted by molar-refractivity contribution is 0.245. The first-order valence-electron chi connectivity index (χ1n) is 6.75. The minimum absolute atomic E-state index is 0.521. The van der Waals surface area contributed by atoms with E-state index in [0.717, 1.165) is 24.8 Å². The third kappa shape index (κ3) is 3.21. The van der Waals surface area contributed by atoms with Crippen LogP contribution in [-0.2, 0) is 19.6 Å². The summed E-state index contributed by atoms with van der Waals surface area (Å²) in [7, 11) is 0. The molecule has 3 nitrogen and oxygen atoms in total. The Balaban J connectivity index is 1.74. The minimum Gasteiger partial charge on any atom is -0.325 e. The third-order valence-corrected chi connectivity index (χ3v) is 4.31. The second-order valence-corrected chi connectivity index (χ2v) is 5.86. The maximum atomic E-state index is 5.77. The van der Waals surface area contributed by atoms with Crippen molar-refractivity contribution < 1.29 is 0 Å². The Labute approximate surface area is 118 Å². The summed E-state index contributed by atoms with van der Waals surface area (Å²) in [5.41, 5.74) is 9.48. The van der Waals surface area contributed by atoms with E-state index in [1.165, 1.54) is 24.0 Å². The van der Waals surface area contributed by atoms with Crippen LogP contribution >= 0.6 is 11.3 Å². The van der Waals surface area contributed by atoms with Crippen LogP contribution in [0.1, 0.15) is 29.7 Å². The molecule has 2 aromatic rings. The highest BCUT2D eigenvalue weighted by molar-refractivity contribution is 7.07. The predicted molar refractivity (Wildman–Crippen MR) is 78.7 cm³/mol. The number of nitrogens with zero attached hydrogens (tertiary/aromatic N) is 2. The van der Waals surface area contributed by atoms with E-state index in [2.05, 4.69) is 32.8 Å². The molecule has 1 saturated carbocycles. The van der Waals surface area contributed by atoms with E-state index >= 15 is 0 Å². The number of thiophene rings is 1. The predicted octanol–water partition coefficient (Wildman–Crippen LogP) is 2.77. The molecule has 0 amide bonds. The molecule has 100 valence electrons. The second kappa shape index (κ2) is 5.82. The maximum Gasteiger partial charge on any atom is 0.0584 e. The third-order valence-electron chi connectivity index (χ3n) is 3.58. The second-order valence-electron chi connectivity index (χ2n) is 5.08. The summed E-state index contributed by atoms with van der Waals surface area (Å²) in [4.78, 5) is 6.93. The molecule has 2 heterocycles. The molecular formula is C15H19N3S. The highest BCUT2D eigenvalue weighted by Crippen LogP contribution is 2.30. The van der Waals surface area contributed by atoms with Crippen LogP contribution in [0.2, 0.25) is 0 Å². The van der Waals surface area contributed by atoms with Gasteiger partial charge in [0.2, 0.25) is 0 Å². The first-order chi connectivity index (χ1) is 9.36. The van der Waals surface area contributed by atoms with Crippen LogP contribution in [0.5, 0.6) is 0 Å². The molecule has 0 bridgehead atoms. The molecule has 1 fully saturated rings. The molecule has 0 unspecified atom stereocenters. The first kappa shape index (κ1) is 12.8. The van der Waals surface area contributed by atoms with E-state index in [1.807, 2.05) is 12.3 Å². The molecule has 0 aromatic carbocycles. The lowest BCUT2D eigenvalue weighted by Crippen LogP contribution is -2.26. The van der Waals surface area contributed by atoms with Crippen LogP contribution in [0.25, 0.3) is 0 Å². The number of aromatic nitrogens is 1. The average Bonchev–Trinajstić information content (AvgIpc) is 3.17. The Morgan fingerprint density at radius 2 is 2.21 bits per heavy atom. The van der Waals surface area contributed by atoms with Gasteiger partial charge in [-0.2, -0.15) is 11.3 Å². The van der Waals surface area contributed by atoms with Crippen LogP contribution in [0.3, 0.4) is 0 Å². The summed E-state index contributed by atoms with van der Waals surface area (Å²) in [6, 6.07) is 7.11. The SMILES string of the molecule is NCc1ncccc1CN(Cc1ccsc1)C1CC1. The molecular weight excluding hydrogens is 254 g/mol. The lowest BCUT2D eigenvalue weighted by Gasteiger charge is -2.22. The van der Waals surface area contributed by atoms with Gasteiger partial charge in [-0.25, -0.2) is 0 Å². The van der Waals surface area contributed by atoms with Gasteiger partial charge in [-0.1, -0.05) is 6.07 Å². The molecule has 1 aliphatic carbocycles. The van der Waals surface area contributed by atoms with Crippen molar-refractivity contribution in [2.24, 2.45) is 5.73 Å². The van der Waals surface area contributed by atoms with Crippen LogP contribution in [0.15, 0.2) is 35.2 Å². The number of hydrogen-bond acceptors (Lipinski definition) is 4. The highest BCUT2D eigenvalue weighted by Gasteiger charge is 2.29. The van der Waals surface area contributed by atoms with Gasteiger partial charge in [-0.15, -0.1) is 0 Å². The van der Waals surface area contributed by atoms with Gasteiger partial charge in [0.05, 0.1) is 5.69 Å². The first-order valence-corrected chi connectivity index (χ1v) is 7.69. The minimum atomic E-state index is 0.521. The summed E-state index contributed by atoms with van der Waals surface area (Å²) in [5, 5.41) is 4.39. The fourth-order valence-electron chi connectivity index (χ4n) is 2.39. The summed E-state index contributed by atoms with van der Waals surface area (Å²) >= 11 is 1.77. The smallest absolute Gasteiger partial charge is 0.0584 e. The molecule has 1 aliphatic rings. The van der Waals surface area contributed by atoms with Crippen molar-refractivity contribution in [3.63, 3.8) is 0 Å². The van der Waals surface area contributed by atoms with Gasteiger partial charge in [0.25, 0.3) is 0 Å². The topological polar surface area (TPSA) is 42.1 Å². The monoisotopic (exact) mass is 273 g/mol. The number of nitrogens with two attached hydrogens (primary N) is 1. The van der Waals surface area contributed by atoms with Gasteiger partial charge in [-0.05, 0) is 46.9 Å². The van der Waals surface area contributed by atoms with E-state index < -0.39 is 0 Å². The quantitative estimate of drug-likeness (QED) is 0.880. The zero-order valence-electron chi connectivity index (χ0n) is 11.0. The van der Waals surface area contributed by atoms with E-state index in [9.17, 15) is 0 Å². The van der Waals surface area contributed by atoms with Crippen molar-refractivity contribution in [1.82, 2.24) is 9.88 Å². The van der Waals surface area contributed by atoms with Crippen LogP contribution in [0.4, 0.5) is 0 Å². The fraction of sp³-hybridized carbons (Fsp3) is 0.400. The van der Waals surface area contributed by atoms with Crippen molar-refractivity contribution in [2.75, 3.05) is 0 Å². The Kier molecular flexibility index (Phi) is 3.92. The average molecular weight is 273 g/mol. The van der Waals surface area contributed by atoms with Crippen molar-refractivity contribution in [1.29, 1.82) is 0 Å². The summed E-state index contributed by atoms with van der Waals surface area (Å²) in [6.07, 6.45) is 4.47. The van der Waals surface area contributed by atoms with Crippen LogP contribution < -0.4 is 5.73 Å². The molecule has 2 N–H and O–H groups in total. The molecule has 0 saturated heterocycles. The lowest BCUT2D eigenvalue weighted by atomic mass is 10.1.